The molecule has 0 saturated heterocycles. The van der Waals surface area contributed by atoms with Crippen molar-refractivity contribution in [2.24, 2.45) is 0 Å². The van der Waals surface area contributed by atoms with Gasteiger partial charge in [0.15, 0.2) is 23.1 Å². The molecule has 8 rings (SSSR count). The molecule has 0 radical (unpaired) electrons. The molecule has 0 unspecified atom stereocenters. The smallest absolute Gasteiger partial charge is 0.164 e. The summed E-state index contributed by atoms with van der Waals surface area (Å²) < 4.78 is 6.35. The Morgan fingerprint density at radius 2 is 1.23 bits per heavy atom. The maximum absolute atomic E-state index is 6.89. The Morgan fingerprint density at radius 3 is 1.95 bits per heavy atom. The first-order valence-corrected chi connectivity index (χ1v) is 15.1. The van der Waals surface area contributed by atoms with Gasteiger partial charge in [-0.25, -0.2) is 15.0 Å². The van der Waals surface area contributed by atoms with E-state index >= 15 is 0 Å². The van der Waals surface area contributed by atoms with Crippen LogP contribution in [0.5, 0.6) is 0 Å². The van der Waals surface area contributed by atoms with E-state index in [1.54, 1.807) is 0 Å². The molecule has 44 heavy (non-hydrogen) atoms. The Kier molecular flexibility index (Phi) is 6.62. The summed E-state index contributed by atoms with van der Waals surface area (Å²) in [6.07, 6.45) is 8.44. The van der Waals surface area contributed by atoms with Crippen LogP contribution in [0.25, 0.3) is 72.5 Å². The lowest BCUT2D eigenvalue weighted by Crippen LogP contribution is -2.03. The quantitative estimate of drug-likeness (QED) is 0.201. The van der Waals surface area contributed by atoms with Gasteiger partial charge >= 0.3 is 0 Å². The average molecular weight is 588 g/mol. The van der Waals surface area contributed by atoms with Gasteiger partial charge in [-0.3, -0.25) is 0 Å². The second kappa shape index (κ2) is 11.1. The molecule has 0 aliphatic heterocycles. The van der Waals surface area contributed by atoms with Crippen molar-refractivity contribution in [3.8, 4) is 45.0 Å². The van der Waals surface area contributed by atoms with Crippen molar-refractivity contribution in [3.63, 3.8) is 0 Å². The highest BCUT2D eigenvalue weighted by Crippen LogP contribution is 2.41. The molecule has 5 aromatic carbocycles. The van der Waals surface area contributed by atoms with Gasteiger partial charge in [-0.1, -0.05) is 127 Å². The number of furan rings is 1. The zero-order chi connectivity index (χ0) is 29.5. The fourth-order valence-electron chi connectivity index (χ4n) is 5.85. The van der Waals surface area contributed by atoms with Crippen molar-refractivity contribution in [1.82, 2.24) is 15.0 Å². The maximum Gasteiger partial charge on any atom is 0.164 e. The molecule has 5 heteroatoms. The number of nitrogens with zero attached hydrogens (tertiary/aromatic N) is 3. The molecule has 0 amide bonds. The van der Waals surface area contributed by atoms with E-state index in [2.05, 4.69) is 72.8 Å². The van der Waals surface area contributed by atoms with E-state index in [4.69, 9.17) is 31.0 Å². The Labute approximate surface area is 260 Å². The molecule has 7 aromatic rings. The summed E-state index contributed by atoms with van der Waals surface area (Å²) >= 11 is 6.89. The molecule has 210 valence electrons. The minimum absolute atomic E-state index is 0.561. The van der Waals surface area contributed by atoms with Crippen molar-refractivity contribution in [1.29, 1.82) is 0 Å². The van der Waals surface area contributed by atoms with Crippen LogP contribution in [0, 0.1) is 0 Å². The number of fused-ring (bicyclic) bond motifs is 3. The van der Waals surface area contributed by atoms with Gasteiger partial charge in [0.1, 0.15) is 5.58 Å². The number of allylic oxidation sites excluding steroid dienone is 4. The normalized spacial score (nSPS) is 13.0. The SMILES string of the molecule is Clc1cc(-c2ccc(-c3ccccc3)cc2)cc2c1oc1cccc(-c3nc(C4=CCCC=C4)nc(-c4ccccc4)n3)c12. The first kappa shape index (κ1) is 26.3. The van der Waals surface area contributed by atoms with Crippen LogP contribution in [0.15, 0.2) is 138 Å². The van der Waals surface area contributed by atoms with E-state index in [0.29, 0.717) is 28.1 Å². The van der Waals surface area contributed by atoms with Gasteiger partial charge in [-0.2, -0.15) is 0 Å². The number of rotatable bonds is 5. The number of hydrogen-bond acceptors (Lipinski definition) is 4. The molecule has 0 saturated carbocycles. The summed E-state index contributed by atoms with van der Waals surface area (Å²) in [5.74, 6) is 1.88. The minimum Gasteiger partial charge on any atom is -0.454 e. The standard InChI is InChI=1S/C39H26ClN3O/c40-33-24-30(27-21-19-26(20-22-27)25-11-4-1-5-12-25)23-32-35-31(17-10-18-34(35)44-36(32)33)39-42-37(28-13-6-2-7-14-28)41-38(43-39)29-15-8-3-9-16-29/h1-2,4-8,10-24H,3,9H2. The summed E-state index contributed by atoms with van der Waals surface area (Å²) in [5, 5.41) is 2.41. The van der Waals surface area contributed by atoms with Crippen LogP contribution in [0.3, 0.4) is 0 Å². The van der Waals surface area contributed by atoms with E-state index in [9.17, 15) is 0 Å². The van der Waals surface area contributed by atoms with E-state index in [1.165, 1.54) is 11.1 Å². The van der Waals surface area contributed by atoms with Crippen molar-refractivity contribution in [2.45, 2.75) is 12.8 Å². The van der Waals surface area contributed by atoms with Crippen LogP contribution in [0.4, 0.5) is 0 Å². The molecule has 2 aromatic heterocycles. The first-order chi connectivity index (χ1) is 21.7. The highest BCUT2D eigenvalue weighted by Gasteiger charge is 2.20. The van der Waals surface area contributed by atoms with Crippen molar-refractivity contribution in [3.05, 3.63) is 144 Å². The summed E-state index contributed by atoms with van der Waals surface area (Å²) in [4.78, 5) is 14.9. The van der Waals surface area contributed by atoms with Crippen LogP contribution in [-0.4, -0.2) is 15.0 Å². The van der Waals surface area contributed by atoms with Gasteiger partial charge in [-0.15, -0.1) is 0 Å². The Balaban J connectivity index is 1.30. The number of aromatic nitrogens is 3. The Bertz CT molecular complexity index is 2220. The van der Waals surface area contributed by atoms with Crippen LogP contribution >= 0.6 is 11.6 Å². The van der Waals surface area contributed by atoms with Gasteiger partial charge in [0.25, 0.3) is 0 Å². The number of hydrogen-bond donors (Lipinski definition) is 0. The van der Waals surface area contributed by atoms with Gasteiger partial charge in [0, 0.05) is 27.5 Å². The second-order valence-electron chi connectivity index (χ2n) is 10.9. The third-order valence-electron chi connectivity index (χ3n) is 8.04. The molecule has 2 heterocycles. The van der Waals surface area contributed by atoms with Crippen LogP contribution < -0.4 is 0 Å². The highest BCUT2D eigenvalue weighted by atomic mass is 35.5. The van der Waals surface area contributed by atoms with Gasteiger partial charge in [-0.05, 0) is 53.3 Å². The molecule has 4 nitrogen and oxygen atoms in total. The minimum atomic E-state index is 0.561. The predicted octanol–water partition coefficient (Wildman–Crippen LogP) is 10.8. The summed E-state index contributed by atoms with van der Waals surface area (Å²) in [5.41, 5.74) is 8.63. The summed E-state index contributed by atoms with van der Waals surface area (Å²) in [6, 6.07) is 39.1. The largest absolute Gasteiger partial charge is 0.454 e. The van der Waals surface area contributed by atoms with E-state index in [1.807, 2.05) is 60.7 Å². The van der Waals surface area contributed by atoms with E-state index in [0.717, 1.165) is 57.0 Å². The Hall–Kier alpha value is -5.32. The Morgan fingerprint density at radius 1 is 0.568 bits per heavy atom. The molecule has 1 aliphatic rings. The zero-order valence-electron chi connectivity index (χ0n) is 23.7. The molecule has 0 spiro atoms. The lowest BCUT2D eigenvalue weighted by atomic mass is 9.98. The number of benzene rings is 5. The van der Waals surface area contributed by atoms with Crippen LogP contribution in [0.1, 0.15) is 18.7 Å². The zero-order valence-corrected chi connectivity index (χ0v) is 24.5. The number of halogens is 1. The first-order valence-electron chi connectivity index (χ1n) is 14.7. The van der Waals surface area contributed by atoms with E-state index < -0.39 is 0 Å². The van der Waals surface area contributed by atoms with Gasteiger partial charge in [0.2, 0.25) is 0 Å². The monoisotopic (exact) mass is 587 g/mol. The van der Waals surface area contributed by atoms with Crippen LogP contribution in [0.2, 0.25) is 5.02 Å². The van der Waals surface area contributed by atoms with Crippen LogP contribution in [-0.2, 0) is 0 Å². The average Bonchev–Trinajstić information content (AvgIpc) is 3.49. The summed E-state index contributed by atoms with van der Waals surface area (Å²) in [6.45, 7) is 0. The molecule has 1 aliphatic carbocycles. The van der Waals surface area contributed by atoms with Gasteiger partial charge in [0.05, 0.1) is 5.02 Å². The molecule has 0 bridgehead atoms. The molecule has 0 N–H and O–H groups in total. The third kappa shape index (κ3) is 4.80. The topological polar surface area (TPSA) is 51.8 Å². The molecule has 0 atom stereocenters. The second-order valence-corrected chi connectivity index (χ2v) is 11.3. The van der Waals surface area contributed by atoms with E-state index in [-0.39, 0.29) is 0 Å². The molecule has 0 fully saturated rings. The van der Waals surface area contributed by atoms with Crippen molar-refractivity contribution >= 4 is 39.1 Å². The van der Waals surface area contributed by atoms with Crippen molar-refractivity contribution < 1.29 is 4.42 Å². The molecular weight excluding hydrogens is 562 g/mol. The van der Waals surface area contributed by atoms with Gasteiger partial charge < -0.3 is 4.42 Å². The van der Waals surface area contributed by atoms with Crippen molar-refractivity contribution in [2.75, 3.05) is 0 Å². The fourth-order valence-corrected chi connectivity index (χ4v) is 6.10. The maximum atomic E-state index is 6.89. The third-order valence-corrected chi connectivity index (χ3v) is 8.32. The lowest BCUT2D eigenvalue weighted by Gasteiger charge is -2.11. The predicted molar refractivity (Wildman–Crippen MR) is 180 cm³/mol. The molecular formula is C39H26ClN3O. The highest BCUT2D eigenvalue weighted by molar-refractivity contribution is 6.36. The lowest BCUT2D eigenvalue weighted by molar-refractivity contribution is 0.669. The summed E-state index contributed by atoms with van der Waals surface area (Å²) in [7, 11) is 0. The fraction of sp³-hybridized carbons (Fsp3) is 0.0513.